The van der Waals surface area contributed by atoms with Crippen molar-refractivity contribution in [1.82, 2.24) is 9.88 Å². The average Bonchev–Trinajstić information content (AvgIpc) is 2.85. The summed E-state index contributed by atoms with van der Waals surface area (Å²) >= 11 is 0. The number of nitrogens with one attached hydrogen (secondary N) is 1. The molecule has 1 aromatic carbocycles. The molecular weight excluding hydrogens is 236 g/mol. The molecule has 1 N–H and O–H groups in total. The molecule has 19 heavy (non-hydrogen) atoms. The van der Waals surface area contributed by atoms with Crippen LogP contribution in [0.25, 0.3) is 10.9 Å². The predicted octanol–water partition coefficient (Wildman–Crippen LogP) is 2.12. The minimum atomic E-state index is 0.476. The van der Waals surface area contributed by atoms with Crippen molar-refractivity contribution < 1.29 is 4.74 Å². The predicted molar refractivity (Wildman–Crippen MR) is 76.6 cm³/mol. The Balaban J connectivity index is 1.67. The lowest BCUT2D eigenvalue weighted by molar-refractivity contribution is 0.0770. The number of hydrogen-bond acceptors (Lipinski definition) is 2. The minimum absolute atomic E-state index is 0.476. The van der Waals surface area contributed by atoms with Crippen LogP contribution in [0.2, 0.25) is 0 Å². The van der Waals surface area contributed by atoms with Crippen molar-refractivity contribution >= 4 is 10.9 Å². The molecule has 1 saturated heterocycles. The van der Waals surface area contributed by atoms with Gasteiger partial charge in [-0.1, -0.05) is 6.07 Å². The smallest absolute Gasteiger partial charge is 0.0623 e. The number of rotatable bonds is 2. The normalized spacial score (nSPS) is 22.8. The standard InChI is InChI=1S/C16H20N2O/c1-2-13-8-12(10-15-11-19-7-4-17-15)9-14-3-6-18(5-1)16(13)14/h3,6,8-9,15,17H,1-2,4-5,7,10-11H2. The molecule has 0 saturated carbocycles. The molecule has 0 amide bonds. The lowest BCUT2D eigenvalue weighted by Gasteiger charge is -2.24. The van der Waals surface area contributed by atoms with E-state index in [-0.39, 0.29) is 0 Å². The molecule has 2 aliphatic heterocycles. The van der Waals surface area contributed by atoms with Gasteiger partial charge in [0, 0.05) is 30.7 Å². The first-order chi connectivity index (χ1) is 9.40. The number of benzene rings is 1. The monoisotopic (exact) mass is 256 g/mol. The molecule has 1 aromatic heterocycles. The Kier molecular flexibility index (Phi) is 2.82. The molecule has 3 nitrogen and oxygen atoms in total. The van der Waals surface area contributed by atoms with E-state index in [0.717, 1.165) is 26.2 Å². The summed E-state index contributed by atoms with van der Waals surface area (Å²) in [5.41, 5.74) is 4.44. The molecule has 100 valence electrons. The van der Waals surface area contributed by atoms with Gasteiger partial charge in [-0.05, 0) is 42.5 Å². The maximum absolute atomic E-state index is 5.55. The van der Waals surface area contributed by atoms with Crippen LogP contribution in [-0.2, 0) is 24.1 Å². The molecule has 4 rings (SSSR count). The summed E-state index contributed by atoms with van der Waals surface area (Å²) in [6.07, 6.45) is 5.81. The maximum atomic E-state index is 5.55. The highest BCUT2D eigenvalue weighted by molar-refractivity contribution is 5.84. The van der Waals surface area contributed by atoms with Crippen LogP contribution < -0.4 is 5.32 Å². The fraction of sp³-hybridized carbons (Fsp3) is 0.500. The number of aryl methyl sites for hydroxylation is 2. The van der Waals surface area contributed by atoms with Crippen LogP contribution in [0.15, 0.2) is 24.4 Å². The molecular formula is C16H20N2O. The van der Waals surface area contributed by atoms with Crippen LogP contribution in [0.5, 0.6) is 0 Å². The topological polar surface area (TPSA) is 26.2 Å². The zero-order valence-corrected chi connectivity index (χ0v) is 11.2. The summed E-state index contributed by atoms with van der Waals surface area (Å²) in [7, 11) is 0. The highest BCUT2D eigenvalue weighted by atomic mass is 16.5. The molecule has 0 spiro atoms. The largest absolute Gasteiger partial charge is 0.379 e. The van der Waals surface area contributed by atoms with Crippen molar-refractivity contribution in [2.45, 2.75) is 31.8 Å². The molecule has 3 heterocycles. The van der Waals surface area contributed by atoms with Gasteiger partial charge in [0.2, 0.25) is 0 Å². The molecule has 2 aliphatic rings. The summed E-state index contributed by atoms with van der Waals surface area (Å²) in [5, 5.41) is 4.95. The second-order valence-corrected chi connectivity index (χ2v) is 5.74. The van der Waals surface area contributed by atoms with Crippen LogP contribution in [0.4, 0.5) is 0 Å². The summed E-state index contributed by atoms with van der Waals surface area (Å²) in [6, 6.07) is 7.51. The Hall–Kier alpha value is -1.32. The maximum Gasteiger partial charge on any atom is 0.0623 e. The van der Waals surface area contributed by atoms with Crippen LogP contribution in [0.3, 0.4) is 0 Å². The molecule has 0 aliphatic carbocycles. The summed E-state index contributed by atoms with van der Waals surface area (Å²) in [4.78, 5) is 0. The molecule has 3 heteroatoms. The quantitative estimate of drug-likeness (QED) is 0.890. The van der Waals surface area contributed by atoms with Gasteiger partial charge in [0.1, 0.15) is 0 Å². The number of aromatic nitrogens is 1. The number of nitrogens with zero attached hydrogens (tertiary/aromatic N) is 1. The van der Waals surface area contributed by atoms with Crippen molar-refractivity contribution in [2.75, 3.05) is 19.8 Å². The van der Waals surface area contributed by atoms with Crippen molar-refractivity contribution in [3.8, 4) is 0 Å². The third-order valence-corrected chi connectivity index (χ3v) is 4.33. The lowest BCUT2D eigenvalue weighted by atomic mass is 9.97. The zero-order chi connectivity index (χ0) is 12.7. The van der Waals surface area contributed by atoms with Gasteiger partial charge in [0.25, 0.3) is 0 Å². The van der Waals surface area contributed by atoms with E-state index in [9.17, 15) is 0 Å². The third-order valence-electron chi connectivity index (χ3n) is 4.33. The molecule has 1 fully saturated rings. The van der Waals surface area contributed by atoms with Gasteiger partial charge in [-0.25, -0.2) is 0 Å². The number of ether oxygens (including phenoxy) is 1. The van der Waals surface area contributed by atoms with Crippen LogP contribution in [-0.4, -0.2) is 30.4 Å². The Morgan fingerprint density at radius 2 is 2.37 bits per heavy atom. The van der Waals surface area contributed by atoms with Gasteiger partial charge in [-0.3, -0.25) is 0 Å². The van der Waals surface area contributed by atoms with Gasteiger partial charge in [0.15, 0.2) is 0 Å². The Morgan fingerprint density at radius 1 is 1.37 bits per heavy atom. The highest BCUT2D eigenvalue weighted by Crippen LogP contribution is 2.28. The van der Waals surface area contributed by atoms with Crippen LogP contribution >= 0.6 is 0 Å². The molecule has 1 atom stereocenters. The van der Waals surface area contributed by atoms with E-state index < -0.39 is 0 Å². The second kappa shape index (κ2) is 4.66. The number of morpholine rings is 1. The van der Waals surface area contributed by atoms with Gasteiger partial charge in [-0.2, -0.15) is 0 Å². The third kappa shape index (κ3) is 2.07. The fourth-order valence-corrected chi connectivity index (χ4v) is 3.48. The van der Waals surface area contributed by atoms with Gasteiger partial charge < -0.3 is 14.6 Å². The summed E-state index contributed by atoms with van der Waals surface area (Å²) in [5.74, 6) is 0. The fourth-order valence-electron chi connectivity index (χ4n) is 3.48. The van der Waals surface area contributed by atoms with Crippen molar-refractivity contribution in [1.29, 1.82) is 0 Å². The van der Waals surface area contributed by atoms with E-state index in [1.807, 2.05) is 0 Å². The molecule has 1 unspecified atom stereocenters. The van der Waals surface area contributed by atoms with Gasteiger partial charge >= 0.3 is 0 Å². The van der Waals surface area contributed by atoms with Gasteiger partial charge in [-0.15, -0.1) is 0 Å². The first-order valence-electron chi connectivity index (χ1n) is 7.32. The second-order valence-electron chi connectivity index (χ2n) is 5.74. The minimum Gasteiger partial charge on any atom is -0.379 e. The molecule has 2 aromatic rings. The molecule has 0 bridgehead atoms. The van der Waals surface area contributed by atoms with Crippen molar-refractivity contribution in [3.63, 3.8) is 0 Å². The van der Waals surface area contributed by atoms with Crippen LogP contribution in [0.1, 0.15) is 17.5 Å². The SMILES string of the molecule is c1c(CC2COCCN2)cc2ccn3c2c1CCC3. The first kappa shape index (κ1) is 11.5. The highest BCUT2D eigenvalue weighted by Gasteiger charge is 2.17. The summed E-state index contributed by atoms with van der Waals surface area (Å²) in [6.45, 7) is 3.85. The van der Waals surface area contributed by atoms with E-state index in [1.54, 1.807) is 0 Å². The van der Waals surface area contributed by atoms with Gasteiger partial charge in [0.05, 0.1) is 18.7 Å². The Bertz CT molecular complexity index is 596. The van der Waals surface area contributed by atoms with Crippen molar-refractivity contribution in [3.05, 3.63) is 35.5 Å². The van der Waals surface area contributed by atoms with Crippen molar-refractivity contribution in [2.24, 2.45) is 0 Å². The van der Waals surface area contributed by atoms with E-state index in [2.05, 4.69) is 34.3 Å². The van der Waals surface area contributed by atoms with E-state index in [0.29, 0.717) is 6.04 Å². The zero-order valence-electron chi connectivity index (χ0n) is 11.2. The lowest BCUT2D eigenvalue weighted by Crippen LogP contribution is -2.42. The number of hydrogen-bond donors (Lipinski definition) is 1. The first-order valence-corrected chi connectivity index (χ1v) is 7.32. The van der Waals surface area contributed by atoms with Crippen LogP contribution in [0, 0.1) is 0 Å². The Morgan fingerprint density at radius 3 is 3.26 bits per heavy atom. The van der Waals surface area contributed by atoms with E-state index in [1.165, 1.54) is 41.4 Å². The van der Waals surface area contributed by atoms with E-state index >= 15 is 0 Å². The van der Waals surface area contributed by atoms with E-state index in [4.69, 9.17) is 4.74 Å². The molecule has 0 radical (unpaired) electrons. The summed E-state index contributed by atoms with van der Waals surface area (Å²) < 4.78 is 7.95. The Labute approximate surface area is 113 Å². The average molecular weight is 256 g/mol.